The fourth-order valence-corrected chi connectivity index (χ4v) is 2.15. The van der Waals surface area contributed by atoms with E-state index in [0.717, 1.165) is 12.8 Å². The fourth-order valence-electron chi connectivity index (χ4n) is 2.15. The first-order valence-corrected chi connectivity index (χ1v) is 5.36. The normalized spacial score (nSPS) is 22.1. The zero-order valence-electron chi connectivity index (χ0n) is 9.01. The summed E-state index contributed by atoms with van der Waals surface area (Å²) in [6, 6.07) is 0. The van der Waals surface area contributed by atoms with Gasteiger partial charge in [0.1, 0.15) is 0 Å². The van der Waals surface area contributed by atoms with E-state index in [9.17, 15) is 0 Å². The molecule has 0 amide bonds. The third kappa shape index (κ3) is 1.87. The van der Waals surface area contributed by atoms with Crippen LogP contribution in [0.1, 0.15) is 39.5 Å². The van der Waals surface area contributed by atoms with Gasteiger partial charge in [0.05, 0.1) is 0 Å². The van der Waals surface area contributed by atoms with Crippen LogP contribution in [-0.2, 0) is 0 Å². The van der Waals surface area contributed by atoms with Gasteiger partial charge in [-0.1, -0.05) is 17.7 Å². The van der Waals surface area contributed by atoms with E-state index >= 15 is 0 Å². The molecule has 0 saturated heterocycles. The summed E-state index contributed by atoms with van der Waals surface area (Å²) in [5.74, 6) is 0. The largest absolute Gasteiger partial charge is 0.261 e. The van der Waals surface area contributed by atoms with Gasteiger partial charge in [-0.25, -0.2) is 0 Å². The molecule has 0 bridgehead atoms. The Kier molecular flexibility index (Phi) is 2.67. The van der Waals surface area contributed by atoms with Crippen molar-refractivity contribution >= 4 is 5.71 Å². The first-order valence-electron chi connectivity index (χ1n) is 5.36. The number of hydrogen-bond acceptors (Lipinski definition) is 1. The highest BCUT2D eigenvalue weighted by molar-refractivity contribution is 6.02. The molecular weight excluding hydrogens is 170 g/mol. The molecule has 14 heavy (non-hydrogen) atoms. The highest BCUT2D eigenvalue weighted by Crippen LogP contribution is 2.26. The summed E-state index contributed by atoms with van der Waals surface area (Å²) >= 11 is 0. The second-order valence-corrected chi connectivity index (χ2v) is 4.15. The van der Waals surface area contributed by atoms with E-state index in [4.69, 9.17) is 0 Å². The topological polar surface area (TPSA) is 12.4 Å². The van der Waals surface area contributed by atoms with E-state index < -0.39 is 0 Å². The minimum Gasteiger partial charge on any atom is -0.261 e. The molecular formula is C13H17N. The van der Waals surface area contributed by atoms with Crippen LogP contribution in [0.4, 0.5) is 0 Å². The van der Waals surface area contributed by atoms with Crippen LogP contribution < -0.4 is 0 Å². The lowest BCUT2D eigenvalue weighted by Crippen LogP contribution is -2.09. The Hall–Kier alpha value is -1.11. The van der Waals surface area contributed by atoms with Crippen molar-refractivity contribution in [2.24, 2.45) is 4.99 Å². The lowest BCUT2D eigenvalue weighted by molar-refractivity contribution is 0.905. The summed E-state index contributed by atoms with van der Waals surface area (Å²) < 4.78 is 0. The molecule has 1 aliphatic heterocycles. The van der Waals surface area contributed by atoms with E-state index in [1.165, 1.54) is 35.3 Å². The van der Waals surface area contributed by atoms with Crippen molar-refractivity contribution in [2.45, 2.75) is 39.5 Å². The van der Waals surface area contributed by atoms with Crippen LogP contribution in [0.3, 0.4) is 0 Å². The van der Waals surface area contributed by atoms with Crippen molar-refractivity contribution < 1.29 is 0 Å². The Bertz CT molecular complexity index is 353. The molecule has 0 atom stereocenters. The van der Waals surface area contributed by atoms with Crippen molar-refractivity contribution in [3.8, 4) is 0 Å². The predicted molar refractivity (Wildman–Crippen MR) is 61.5 cm³/mol. The summed E-state index contributed by atoms with van der Waals surface area (Å²) in [4.78, 5) is 4.48. The number of aliphatic imine (C=N–C) groups is 1. The van der Waals surface area contributed by atoms with E-state index in [0.29, 0.717) is 0 Å². The molecule has 0 spiro atoms. The minimum atomic E-state index is 1.12. The van der Waals surface area contributed by atoms with Gasteiger partial charge in [0.2, 0.25) is 0 Å². The van der Waals surface area contributed by atoms with Crippen LogP contribution in [0, 0.1) is 0 Å². The van der Waals surface area contributed by atoms with Gasteiger partial charge in [-0.2, -0.15) is 0 Å². The van der Waals surface area contributed by atoms with E-state index in [2.05, 4.69) is 31.0 Å². The van der Waals surface area contributed by atoms with Crippen LogP contribution in [-0.4, -0.2) is 5.71 Å². The standard InChI is InChI=1S/C13H17N/c1-10-6-7-12(11(2)9-10)13-5-3-4-8-14-13/h4,8-9H,3,5-7H2,1-2H3. The van der Waals surface area contributed by atoms with E-state index in [-0.39, 0.29) is 0 Å². The zero-order chi connectivity index (χ0) is 9.97. The quantitative estimate of drug-likeness (QED) is 0.592. The van der Waals surface area contributed by atoms with Crippen LogP contribution >= 0.6 is 0 Å². The second kappa shape index (κ2) is 3.95. The summed E-state index contributed by atoms with van der Waals surface area (Å²) in [7, 11) is 0. The lowest BCUT2D eigenvalue weighted by atomic mass is 9.89. The van der Waals surface area contributed by atoms with Gasteiger partial charge >= 0.3 is 0 Å². The van der Waals surface area contributed by atoms with Gasteiger partial charge in [0, 0.05) is 11.9 Å². The third-order valence-corrected chi connectivity index (χ3v) is 2.94. The molecule has 1 nitrogen and oxygen atoms in total. The van der Waals surface area contributed by atoms with Crippen molar-refractivity contribution in [3.05, 3.63) is 35.1 Å². The van der Waals surface area contributed by atoms with Crippen LogP contribution in [0.25, 0.3) is 0 Å². The molecule has 1 heterocycles. The number of allylic oxidation sites excluding steroid dienone is 5. The second-order valence-electron chi connectivity index (χ2n) is 4.15. The molecule has 0 aromatic heterocycles. The maximum atomic E-state index is 4.48. The summed E-state index contributed by atoms with van der Waals surface area (Å²) in [5.41, 5.74) is 5.72. The molecule has 0 N–H and O–H groups in total. The molecule has 74 valence electrons. The van der Waals surface area contributed by atoms with Gasteiger partial charge in [0.25, 0.3) is 0 Å². The van der Waals surface area contributed by atoms with Crippen LogP contribution in [0.2, 0.25) is 0 Å². The monoisotopic (exact) mass is 187 g/mol. The van der Waals surface area contributed by atoms with E-state index in [1.807, 2.05) is 6.20 Å². The maximum absolute atomic E-state index is 4.48. The Morgan fingerprint density at radius 3 is 2.64 bits per heavy atom. The van der Waals surface area contributed by atoms with Gasteiger partial charge in [-0.15, -0.1) is 0 Å². The zero-order valence-corrected chi connectivity index (χ0v) is 9.01. The molecule has 0 fully saturated rings. The molecule has 0 radical (unpaired) electrons. The number of rotatable bonds is 1. The Morgan fingerprint density at radius 2 is 2.00 bits per heavy atom. The number of hydrogen-bond donors (Lipinski definition) is 0. The molecule has 1 heteroatoms. The summed E-state index contributed by atoms with van der Waals surface area (Å²) in [6.45, 7) is 4.42. The van der Waals surface area contributed by atoms with Gasteiger partial charge < -0.3 is 0 Å². The Labute approximate surface area is 85.9 Å². The average molecular weight is 187 g/mol. The first-order chi connectivity index (χ1) is 6.77. The smallest absolute Gasteiger partial charge is 0.0441 e. The fraction of sp³-hybridized carbons (Fsp3) is 0.462. The van der Waals surface area contributed by atoms with Gasteiger partial charge in [0.15, 0.2) is 0 Å². The highest BCUT2D eigenvalue weighted by Gasteiger charge is 2.14. The average Bonchev–Trinajstić information content (AvgIpc) is 2.19. The molecule has 0 aromatic carbocycles. The molecule has 0 unspecified atom stereocenters. The predicted octanol–water partition coefficient (Wildman–Crippen LogP) is 3.79. The first kappa shape index (κ1) is 9.45. The highest BCUT2D eigenvalue weighted by atomic mass is 14.7. The minimum absolute atomic E-state index is 1.12. The maximum Gasteiger partial charge on any atom is 0.0441 e. The van der Waals surface area contributed by atoms with Crippen molar-refractivity contribution in [3.63, 3.8) is 0 Å². The lowest BCUT2D eigenvalue weighted by Gasteiger charge is -2.18. The van der Waals surface area contributed by atoms with E-state index in [1.54, 1.807) is 0 Å². The molecule has 2 rings (SSSR count). The SMILES string of the molecule is CC1=CC(C)=C(C2=NC=CCC2)CC1. The van der Waals surface area contributed by atoms with Crippen LogP contribution in [0.15, 0.2) is 40.1 Å². The number of nitrogens with zero attached hydrogens (tertiary/aromatic N) is 1. The third-order valence-electron chi connectivity index (χ3n) is 2.94. The van der Waals surface area contributed by atoms with Crippen molar-refractivity contribution in [1.29, 1.82) is 0 Å². The molecule has 0 aromatic rings. The van der Waals surface area contributed by atoms with Crippen LogP contribution in [0.5, 0.6) is 0 Å². The Morgan fingerprint density at radius 1 is 1.14 bits per heavy atom. The van der Waals surface area contributed by atoms with Gasteiger partial charge in [-0.3, -0.25) is 4.99 Å². The molecule has 1 aliphatic carbocycles. The van der Waals surface area contributed by atoms with Crippen molar-refractivity contribution in [1.82, 2.24) is 0 Å². The van der Waals surface area contributed by atoms with Crippen molar-refractivity contribution in [2.75, 3.05) is 0 Å². The molecule has 0 saturated carbocycles. The Balaban J connectivity index is 2.29. The summed E-state index contributed by atoms with van der Waals surface area (Å²) in [5, 5.41) is 0. The molecule has 2 aliphatic rings. The summed E-state index contributed by atoms with van der Waals surface area (Å²) in [6.07, 6.45) is 11.1. The van der Waals surface area contributed by atoms with Gasteiger partial charge in [-0.05, 0) is 50.7 Å².